The maximum Gasteiger partial charge on any atom is 0.253 e. The van der Waals surface area contributed by atoms with E-state index in [2.05, 4.69) is 13.8 Å². The van der Waals surface area contributed by atoms with Crippen molar-refractivity contribution in [2.24, 2.45) is 5.92 Å². The van der Waals surface area contributed by atoms with Gasteiger partial charge in [-0.1, -0.05) is 20.3 Å². The van der Waals surface area contributed by atoms with Gasteiger partial charge in [0.1, 0.15) is 0 Å². The molecule has 0 bridgehead atoms. The van der Waals surface area contributed by atoms with Crippen LogP contribution in [0.3, 0.4) is 0 Å². The molecular formula is C12H19NO2. The highest BCUT2D eigenvalue weighted by atomic mass is 16.2. The van der Waals surface area contributed by atoms with Crippen LogP contribution in [-0.4, -0.2) is 22.8 Å². The minimum atomic E-state index is -0.170. The largest absolute Gasteiger partial charge is 0.273 e. The summed E-state index contributed by atoms with van der Waals surface area (Å²) in [6.07, 6.45) is 5.81. The highest BCUT2D eigenvalue weighted by Gasteiger charge is 2.27. The van der Waals surface area contributed by atoms with Gasteiger partial charge in [-0.25, -0.2) is 0 Å². The van der Waals surface area contributed by atoms with E-state index in [-0.39, 0.29) is 17.9 Å². The summed E-state index contributed by atoms with van der Waals surface area (Å²) in [6.45, 7) is 6.28. The number of carbonyl (C=O) groups excluding carboxylic acids is 2. The van der Waals surface area contributed by atoms with Crippen LogP contribution in [0.4, 0.5) is 0 Å². The number of hydrogen-bond donors (Lipinski definition) is 0. The molecule has 0 spiro atoms. The van der Waals surface area contributed by atoms with Crippen molar-refractivity contribution in [3.63, 3.8) is 0 Å². The molecule has 0 aromatic heterocycles. The highest BCUT2D eigenvalue weighted by molar-refractivity contribution is 6.13. The fourth-order valence-electron chi connectivity index (χ4n) is 1.71. The predicted octanol–water partition coefficient (Wildman–Crippen LogP) is 2.13. The lowest BCUT2D eigenvalue weighted by Crippen LogP contribution is -2.38. The Morgan fingerprint density at radius 1 is 1.13 bits per heavy atom. The van der Waals surface area contributed by atoms with Gasteiger partial charge in [-0.3, -0.25) is 14.5 Å². The molecule has 0 aromatic carbocycles. The van der Waals surface area contributed by atoms with Crippen LogP contribution >= 0.6 is 0 Å². The van der Waals surface area contributed by atoms with Gasteiger partial charge in [0.15, 0.2) is 0 Å². The second-order valence-electron chi connectivity index (χ2n) is 4.32. The van der Waals surface area contributed by atoms with E-state index >= 15 is 0 Å². The summed E-state index contributed by atoms with van der Waals surface area (Å²) in [4.78, 5) is 24.1. The summed E-state index contributed by atoms with van der Waals surface area (Å²) in [5.74, 6) is 0.321. The maximum atomic E-state index is 11.4. The van der Waals surface area contributed by atoms with Gasteiger partial charge in [0.2, 0.25) is 0 Å². The SMILES string of the molecule is CCC(C)CCC(C)N1C(=O)C=CC1=O. The van der Waals surface area contributed by atoms with Crippen LogP contribution in [0.5, 0.6) is 0 Å². The normalized spacial score (nSPS) is 19.8. The topological polar surface area (TPSA) is 37.4 Å². The second kappa shape index (κ2) is 5.10. The van der Waals surface area contributed by atoms with Gasteiger partial charge >= 0.3 is 0 Å². The molecule has 0 saturated carbocycles. The minimum Gasteiger partial charge on any atom is -0.273 e. The molecule has 0 fully saturated rings. The van der Waals surface area contributed by atoms with Crippen LogP contribution in [0, 0.1) is 5.92 Å². The molecular weight excluding hydrogens is 190 g/mol. The molecule has 2 amide bonds. The summed E-state index contributed by atoms with van der Waals surface area (Å²) < 4.78 is 0. The van der Waals surface area contributed by atoms with E-state index in [1.807, 2.05) is 6.92 Å². The zero-order valence-corrected chi connectivity index (χ0v) is 9.69. The Kier molecular flexibility index (Phi) is 4.06. The lowest BCUT2D eigenvalue weighted by Gasteiger charge is -2.23. The zero-order valence-electron chi connectivity index (χ0n) is 9.69. The van der Waals surface area contributed by atoms with Crippen LogP contribution in [0.15, 0.2) is 12.2 Å². The van der Waals surface area contributed by atoms with E-state index in [1.54, 1.807) is 0 Å². The zero-order chi connectivity index (χ0) is 11.4. The van der Waals surface area contributed by atoms with Gasteiger partial charge in [0, 0.05) is 18.2 Å². The standard InChI is InChI=1S/C12H19NO2/c1-4-9(2)5-6-10(3)13-11(14)7-8-12(13)15/h7-10H,4-6H2,1-3H3. The third-order valence-corrected chi connectivity index (χ3v) is 3.06. The van der Waals surface area contributed by atoms with E-state index in [4.69, 9.17) is 0 Å². The molecule has 2 unspecified atom stereocenters. The monoisotopic (exact) mass is 209 g/mol. The van der Waals surface area contributed by atoms with E-state index in [0.717, 1.165) is 19.3 Å². The molecule has 1 rings (SSSR count). The van der Waals surface area contributed by atoms with E-state index in [1.165, 1.54) is 17.1 Å². The van der Waals surface area contributed by atoms with Crippen molar-refractivity contribution in [2.45, 2.75) is 46.1 Å². The number of imide groups is 1. The molecule has 1 heterocycles. The first-order valence-electron chi connectivity index (χ1n) is 5.61. The molecule has 1 aliphatic heterocycles. The first-order valence-corrected chi connectivity index (χ1v) is 5.61. The Balaban J connectivity index is 2.44. The van der Waals surface area contributed by atoms with Gasteiger partial charge in [-0.05, 0) is 25.7 Å². The van der Waals surface area contributed by atoms with Gasteiger partial charge < -0.3 is 0 Å². The number of carbonyl (C=O) groups is 2. The summed E-state index contributed by atoms with van der Waals surface area (Å²) >= 11 is 0. The van der Waals surface area contributed by atoms with Crippen molar-refractivity contribution < 1.29 is 9.59 Å². The van der Waals surface area contributed by atoms with Crippen LogP contribution in [-0.2, 0) is 9.59 Å². The van der Waals surface area contributed by atoms with Crippen molar-refractivity contribution >= 4 is 11.8 Å². The first-order chi connectivity index (χ1) is 7.06. The first kappa shape index (κ1) is 12.0. The van der Waals surface area contributed by atoms with Crippen molar-refractivity contribution in [3.8, 4) is 0 Å². The number of nitrogens with zero attached hydrogens (tertiary/aromatic N) is 1. The second-order valence-corrected chi connectivity index (χ2v) is 4.32. The molecule has 0 N–H and O–H groups in total. The van der Waals surface area contributed by atoms with E-state index in [9.17, 15) is 9.59 Å². The number of hydrogen-bond acceptors (Lipinski definition) is 2. The van der Waals surface area contributed by atoms with Crippen LogP contribution in [0.1, 0.15) is 40.0 Å². The van der Waals surface area contributed by atoms with Crippen LogP contribution < -0.4 is 0 Å². The molecule has 0 saturated heterocycles. The summed E-state index contributed by atoms with van der Waals surface area (Å²) in [6, 6.07) is 0.0222. The molecule has 84 valence electrons. The smallest absolute Gasteiger partial charge is 0.253 e. The van der Waals surface area contributed by atoms with Crippen LogP contribution in [0.2, 0.25) is 0 Å². The number of amides is 2. The predicted molar refractivity (Wildman–Crippen MR) is 59.1 cm³/mol. The quantitative estimate of drug-likeness (QED) is 0.650. The minimum absolute atomic E-state index is 0.0222. The third-order valence-electron chi connectivity index (χ3n) is 3.06. The molecule has 0 aromatic rings. The number of rotatable bonds is 5. The van der Waals surface area contributed by atoms with Crippen molar-refractivity contribution in [1.82, 2.24) is 4.90 Å². The Hall–Kier alpha value is -1.12. The summed E-state index contributed by atoms with van der Waals surface area (Å²) in [5.41, 5.74) is 0. The average Bonchev–Trinajstić information content (AvgIpc) is 2.54. The van der Waals surface area contributed by atoms with Crippen molar-refractivity contribution in [1.29, 1.82) is 0 Å². The van der Waals surface area contributed by atoms with Crippen molar-refractivity contribution in [3.05, 3.63) is 12.2 Å². The van der Waals surface area contributed by atoms with E-state index in [0.29, 0.717) is 5.92 Å². The van der Waals surface area contributed by atoms with Gasteiger partial charge in [0.25, 0.3) is 11.8 Å². The molecule has 0 radical (unpaired) electrons. The fraction of sp³-hybridized carbons (Fsp3) is 0.667. The molecule has 3 heteroatoms. The van der Waals surface area contributed by atoms with Crippen LogP contribution in [0.25, 0.3) is 0 Å². The van der Waals surface area contributed by atoms with Gasteiger partial charge in [-0.15, -0.1) is 0 Å². The Morgan fingerprint density at radius 3 is 2.13 bits per heavy atom. The summed E-state index contributed by atoms with van der Waals surface area (Å²) in [5, 5.41) is 0. The molecule has 15 heavy (non-hydrogen) atoms. The molecule has 3 nitrogen and oxygen atoms in total. The Morgan fingerprint density at radius 2 is 1.67 bits per heavy atom. The fourth-order valence-corrected chi connectivity index (χ4v) is 1.71. The van der Waals surface area contributed by atoms with Crippen molar-refractivity contribution in [2.75, 3.05) is 0 Å². The molecule has 2 atom stereocenters. The van der Waals surface area contributed by atoms with Gasteiger partial charge in [0.05, 0.1) is 0 Å². The molecule has 0 aliphatic carbocycles. The lowest BCUT2D eigenvalue weighted by molar-refractivity contribution is -0.139. The highest BCUT2D eigenvalue weighted by Crippen LogP contribution is 2.17. The van der Waals surface area contributed by atoms with Gasteiger partial charge in [-0.2, -0.15) is 0 Å². The maximum absolute atomic E-state index is 11.4. The third kappa shape index (κ3) is 2.91. The Bertz CT molecular complexity index is 265. The molecule has 1 aliphatic rings. The Labute approximate surface area is 91.1 Å². The average molecular weight is 209 g/mol. The lowest BCUT2D eigenvalue weighted by atomic mass is 9.99. The van der Waals surface area contributed by atoms with E-state index < -0.39 is 0 Å². The summed E-state index contributed by atoms with van der Waals surface area (Å²) in [7, 11) is 0.